The van der Waals surface area contributed by atoms with Crippen LogP contribution >= 0.6 is 11.3 Å². The van der Waals surface area contributed by atoms with Crippen LogP contribution in [0.4, 0.5) is 5.82 Å². The molecule has 0 aliphatic carbocycles. The first-order valence-corrected chi connectivity index (χ1v) is 11.5. The Morgan fingerprint density at radius 1 is 1.06 bits per heavy atom. The summed E-state index contributed by atoms with van der Waals surface area (Å²) in [6.45, 7) is 6.35. The molecule has 0 atom stereocenters. The summed E-state index contributed by atoms with van der Waals surface area (Å²) in [5.74, 6) is 2.16. The monoisotopic (exact) mass is 471 g/mol. The van der Waals surface area contributed by atoms with Gasteiger partial charge in [0.1, 0.15) is 36.9 Å². The van der Waals surface area contributed by atoms with E-state index in [0.29, 0.717) is 67.3 Å². The van der Waals surface area contributed by atoms with Crippen molar-refractivity contribution in [3.05, 3.63) is 41.0 Å². The van der Waals surface area contributed by atoms with Crippen molar-refractivity contribution in [3.63, 3.8) is 0 Å². The Labute approximate surface area is 195 Å². The first kappa shape index (κ1) is 22.7. The summed E-state index contributed by atoms with van der Waals surface area (Å²) in [4.78, 5) is 20.9. The van der Waals surface area contributed by atoms with Crippen LogP contribution in [0.3, 0.4) is 0 Å². The number of aromatic carboxylic acids is 1. The van der Waals surface area contributed by atoms with E-state index in [4.69, 9.17) is 18.9 Å². The number of ether oxygens (including phenoxy) is 4. The van der Waals surface area contributed by atoms with E-state index in [2.05, 4.69) is 15.3 Å². The van der Waals surface area contributed by atoms with Gasteiger partial charge in [0.15, 0.2) is 16.4 Å². The van der Waals surface area contributed by atoms with Crippen molar-refractivity contribution in [2.24, 2.45) is 0 Å². The van der Waals surface area contributed by atoms with Crippen molar-refractivity contribution in [1.82, 2.24) is 9.97 Å². The Morgan fingerprint density at radius 2 is 1.79 bits per heavy atom. The third kappa shape index (κ3) is 5.28. The summed E-state index contributed by atoms with van der Waals surface area (Å²) in [7, 11) is 0. The van der Waals surface area contributed by atoms with Crippen LogP contribution in [-0.4, -0.2) is 54.0 Å². The molecule has 1 aliphatic rings. The summed E-state index contributed by atoms with van der Waals surface area (Å²) in [5, 5.41) is 12.7. The quantitative estimate of drug-likeness (QED) is 0.451. The molecule has 33 heavy (non-hydrogen) atoms. The van der Waals surface area contributed by atoms with Gasteiger partial charge < -0.3 is 29.4 Å². The third-order valence-corrected chi connectivity index (χ3v) is 5.96. The van der Waals surface area contributed by atoms with E-state index in [0.717, 1.165) is 28.4 Å². The molecule has 0 saturated heterocycles. The maximum Gasteiger partial charge on any atom is 0.349 e. The van der Waals surface area contributed by atoms with Gasteiger partial charge in [0, 0.05) is 24.7 Å². The molecule has 0 spiro atoms. The molecule has 10 heteroatoms. The van der Waals surface area contributed by atoms with Crippen LogP contribution in [0, 0.1) is 0 Å². The highest BCUT2D eigenvalue weighted by molar-refractivity contribution is 7.17. The second kappa shape index (κ2) is 10.4. The van der Waals surface area contributed by atoms with Crippen molar-refractivity contribution in [3.8, 4) is 33.6 Å². The molecule has 0 bridgehead atoms. The Kier molecular flexibility index (Phi) is 7.13. The predicted octanol–water partition coefficient (Wildman–Crippen LogP) is 4.13. The van der Waals surface area contributed by atoms with Gasteiger partial charge in [-0.15, -0.1) is 11.3 Å². The van der Waals surface area contributed by atoms with Crippen LogP contribution in [0.15, 0.2) is 30.6 Å². The number of aromatic nitrogens is 2. The number of nitrogens with zero attached hydrogens (tertiary/aromatic N) is 2. The first-order valence-electron chi connectivity index (χ1n) is 10.7. The van der Waals surface area contributed by atoms with Gasteiger partial charge in [-0.05, 0) is 31.9 Å². The van der Waals surface area contributed by atoms with E-state index >= 15 is 0 Å². The average molecular weight is 472 g/mol. The number of carbonyl (C=O) groups is 1. The van der Waals surface area contributed by atoms with Gasteiger partial charge in [-0.1, -0.05) is 0 Å². The number of anilines is 1. The van der Waals surface area contributed by atoms with E-state index in [-0.39, 0.29) is 4.88 Å². The Morgan fingerprint density at radius 3 is 2.52 bits per heavy atom. The van der Waals surface area contributed by atoms with Crippen LogP contribution in [0.5, 0.6) is 23.0 Å². The van der Waals surface area contributed by atoms with Gasteiger partial charge in [-0.25, -0.2) is 14.8 Å². The molecule has 3 aromatic rings. The maximum atomic E-state index is 11.5. The van der Waals surface area contributed by atoms with Crippen LogP contribution < -0.4 is 24.3 Å². The number of thiophene rings is 1. The van der Waals surface area contributed by atoms with Crippen LogP contribution in [0.2, 0.25) is 0 Å². The minimum atomic E-state index is -1.02. The zero-order chi connectivity index (χ0) is 23.2. The number of hydrogen-bond donors (Lipinski definition) is 2. The number of hydrogen-bond acceptors (Lipinski definition) is 9. The van der Waals surface area contributed by atoms with Crippen molar-refractivity contribution >= 4 is 23.1 Å². The third-order valence-electron chi connectivity index (χ3n) is 4.84. The fraction of sp³-hybridized carbons (Fsp3) is 0.348. The smallest absolute Gasteiger partial charge is 0.349 e. The Bertz CT molecular complexity index is 1130. The molecule has 1 aliphatic heterocycles. The molecule has 0 unspecified atom stereocenters. The number of carboxylic acids is 1. The highest BCUT2D eigenvalue weighted by Gasteiger charge is 2.19. The summed E-state index contributed by atoms with van der Waals surface area (Å²) < 4.78 is 22.6. The Balaban J connectivity index is 1.47. The fourth-order valence-corrected chi connectivity index (χ4v) is 4.33. The number of benzene rings is 1. The molecule has 1 aromatic carbocycles. The molecular formula is C23H25N3O6S. The summed E-state index contributed by atoms with van der Waals surface area (Å²) in [6.07, 6.45) is 2.13. The molecule has 0 fully saturated rings. The van der Waals surface area contributed by atoms with Crippen LogP contribution in [0.1, 0.15) is 29.1 Å². The Hall–Kier alpha value is -3.53. The van der Waals surface area contributed by atoms with Crippen molar-refractivity contribution in [2.45, 2.75) is 20.3 Å². The van der Waals surface area contributed by atoms with Crippen molar-refractivity contribution in [2.75, 3.05) is 38.3 Å². The molecular weight excluding hydrogens is 446 g/mol. The highest BCUT2D eigenvalue weighted by Crippen LogP contribution is 2.38. The van der Waals surface area contributed by atoms with Gasteiger partial charge in [0.25, 0.3) is 0 Å². The topological polar surface area (TPSA) is 112 Å². The van der Waals surface area contributed by atoms with E-state index in [1.165, 1.54) is 6.33 Å². The maximum absolute atomic E-state index is 11.5. The lowest BCUT2D eigenvalue weighted by molar-refractivity contribution is 0.0698. The number of carboxylic acid groups (broad SMARTS) is 1. The normalized spacial score (nSPS) is 12.3. The second-order valence-electron chi connectivity index (χ2n) is 7.04. The van der Waals surface area contributed by atoms with Gasteiger partial charge in [-0.3, -0.25) is 0 Å². The highest BCUT2D eigenvalue weighted by atomic mass is 32.1. The molecule has 2 N–H and O–H groups in total. The zero-order valence-corrected chi connectivity index (χ0v) is 19.2. The molecule has 9 nitrogen and oxygen atoms in total. The van der Waals surface area contributed by atoms with E-state index in [9.17, 15) is 9.90 Å². The summed E-state index contributed by atoms with van der Waals surface area (Å²) >= 11 is 1.13. The minimum Gasteiger partial charge on any atom is -0.493 e. The molecule has 174 valence electrons. The molecule has 0 amide bonds. The second-order valence-corrected chi connectivity index (χ2v) is 8.10. The lowest BCUT2D eigenvalue weighted by Crippen LogP contribution is -2.16. The lowest BCUT2D eigenvalue weighted by atomic mass is 10.1. The zero-order valence-electron chi connectivity index (χ0n) is 18.4. The number of fused-ring (bicyclic) bond motifs is 1. The predicted molar refractivity (Wildman–Crippen MR) is 124 cm³/mol. The van der Waals surface area contributed by atoms with Crippen molar-refractivity contribution in [1.29, 1.82) is 0 Å². The fourth-order valence-electron chi connectivity index (χ4n) is 3.42. The van der Waals surface area contributed by atoms with Gasteiger partial charge >= 0.3 is 5.97 Å². The average Bonchev–Trinajstić information content (AvgIpc) is 3.24. The lowest BCUT2D eigenvalue weighted by Gasteiger charge is -2.21. The standard InChI is InChI=1S/C23H25N3O6S/c1-3-29-16-11-18-17(31-7-8-32-18)9-14(16)5-6-24-21-10-15(25-13-26-21)20-12-19(30-4-2)22(33-20)23(27)28/h9-13H,3-8H2,1-2H3,(H,27,28)(H,24,25,26). The molecule has 2 aromatic heterocycles. The van der Waals surface area contributed by atoms with Crippen LogP contribution in [0.25, 0.3) is 10.6 Å². The van der Waals surface area contributed by atoms with Gasteiger partial charge in [0.2, 0.25) is 0 Å². The largest absolute Gasteiger partial charge is 0.493 e. The summed E-state index contributed by atoms with van der Waals surface area (Å²) in [6, 6.07) is 7.33. The molecule has 0 saturated carbocycles. The number of rotatable bonds is 10. The molecule has 4 rings (SSSR count). The minimum absolute atomic E-state index is 0.155. The number of nitrogens with one attached hydrogen (secondary N) is 1. The van der Waals surface area contributed by atoms with Crippen molar-refractivity contribution < 1.29 is 28.8 Å². The first-order chi connectivity index (χ1) is 16.1. The molecule has 3 heterocycles. The molecule has 0 radical (unpaired) electrons. The van der Waals surface area contributed by atoms with E-state index in [1.54, 1.807) is 12.1 Å². The van der Waals surface area contributed by atoms with Crippen LogP contribution in [-0.2, 0) is 6.42 Å². The van der Waals surface area contributed by atoms with Gasteiger partial charge in [-0.2, -0.15) is 0 Å². The van der Waals surface area contributed by atoms with E-state index < -0.39 is 5.97 Å². The summed E-state index contributed by atoms with van der Waals surface area (Å²) in [5.41, 5.74) is 1.63. The van der Waals surface area contributed by atoms with Gasteiger partial charge in [0.05, 0.1) is 23.8 Å². The SMILES string of the molecule is CCOc1cc2c(cc1CCNc1cc(-c3cc(OCC)c(C(=O)O)s3)ncn1)OCCO2. The van der Waals surface area contributed by atoms with E-state index in [1.807, 2.05) is 26.0 Å².